The monoisotopic (exact) mass is 232 g/mol. The first-order chi connectivity index (χ1) is 6.86. The quantitative estimate of drug-likeness (QED) is 0.621. The molecule has 0 heterocycles. The van der Waals surface area contributed by atoms with Crippen LogP contribution in [0.3, 0.4) is 0 Å². The largest absolute Gasteiger partial charge is 0.502 e. The molecule has 1 aromatic rings. The highest BCUT2D eigenvalue weighted by molar-refractivity contribution is 6.33. The summed E-state index contributed by atoms with van der Waals surface area (Å²) in [6.07, 6.45) is 0. The van der Waals surface area contributed by atoms with Gasteiger partial charge in [-0.2, -0.15) is 0 Å². The molecule has 1 N–H and O–H groups in total. The van der Waals surface area contributed by atoms with Crippen LogP contribution in [-0.4, -0.2) is 15.0 Å². The molecule has 0 amide bonds. The Morgan fingerprint density at radius 1 is 1.27 bits per heavy atom. The summed E-state index contributed by atoms with van der Waals surface area (Å²) in [5, 5.41) is 29.9. The summed E-state index contributed by atoms with van der Waals surface area (Å²) in [6.45, 7) is 1.26. The van der Waals surface area contributed by atoms with Crippen molar-refractivity contribution < 1.29 is 15.0 Å². The first-order valence-corrected chi connectivity index (χ1v) is 4.05. The van der Waals surface area contributed by atoms with Crippen LogP contribution in [-0.2, 0) is 0 Å². The number of phenols is 1. The highest BCUT2D eigenvalue weighted by Gasteiger charge is 2.26. The molecule has 1 aromatic carbocycles. The lowest BCUT2D eigenvalue weighted by atomic mass is 10.1. The van der Waals surface area contributed by atoms with Crippen LogP contribution in [0.5, 0.6) is 5.75 Å². The van der Waals surface area contributed by atoms with Gasteiger partial charge in [-0.05, 0) is 6.92 Å². The minimum atomic E-state index is -0.911. The Hall–Kier alpha value is -1.89. The van der Waals surface area contributed by atoms with E-state index in [9.17, 15) is 25.3 Å². The number of halogens is 1. The van der Waals surface area contributed by atoms with Crippen LogP contribution in [0, 0.1) is 27.2 Å². The number of phenolic OH excluding ortho intramolecular Hbond substituents is 1. The van der Waals surface area contributed by atoms with Crippen molar-refractivity contribution in [2.24, 2.45) is 0 Å². The molecule has 15 heavy (non-hydrogen) atoms. The number of nitrogens with zero attached hydrogens (tertiary/aromatic N) is 2. The van der Waals surface area contributed by atoms with Gasteiger partial charge in [-0.25, -0.2) is 0 Å². The van der Waals surface area contributed by atoms with E-state index in [1.54, 1.807) is 0 Å². The Morgan fingerprint density at radius 2 is 1.73 bits per heavy atom. The molecule has 7 nitrogen and oxygen atoms in total. The van der Waals surface area contributed by atoms with Crippen LogP contribution in [0.2, 0.25) is 5.02 Å². The second-order valence-corrected chi connectivity index (χ2v) is 3.09. The zero-order valence-electron chi connectivity index (χ0n) is 7.43. The topological polar surface area (TPSA) is 107 Å². The second-order valence-electron chi connectivity index (χ2n) is 2.72. The Labute approximate surface area is 88.2 Å². The number of nitro benzene ring substituents is 2. The van der Waals surface area contributed by atoms with Crippen molar-refractivity contribution >= 4 is 23.0 Å². The van der Waals surface area contributed by atoms with Gasteiger partial charge in [0.1, 0.15) is 5.02 Å². The second kappa shape index (κ2) is 3.70. The molecule has 0 saturated heterocycles. The molecule has 0 bridgehead atoms. The fourth-order valence-corrected chi connectivity index (χ4v) is 1.23. The maximum Gasteiger partial charge on any atom is 0.317 e. The van der Waals surface area contributed by atoms with Gasteiger partial charge in [0, 0.05) is 5.56 Å². The summed E-state index contributed by atoms with van der Waals surface area (Å²) in [6, 6.07) is 0.630. The van der Waals surface area contributed by atoms with Crippen molar-refractivity contribution in [3.63, 3.8) is 0 Å². The van der Waals surface area contributed by atoms with Crippen LogP contribution in [0.4, 0.5) is 11.4 Å². The number of nitro groups is 2. The van der Waals surface area contributed by atoms with E-state index in [1.165, 1.54) is 6.92 Å². The maximum atomic E-state index is 10.5. The van der Waals surface area contributed by atoms with Crippen molar-refractivity contribution in [3.8, 4) is 5.75 Å². The molecule has 1 rings (SSSR count). The number of benzene rings is 1. The highest BCUT2D eigenvalue weighted by Crippen LogP contribution is 2.40. The third-order valence-corrected chi connectivity index (χ3v) is 2.30. The van der Waals surface area contributed by atoms with E-state index in [2.05, 4.69) is 0 Å². The highest BCUT2D eigenvalue weighted by atomic mass is 35.5. The molecular formula is C7H5ClN2O5. The summed E-state index contributed by atoms with van der Waals surface area (Å²) in [5.74, 6) is -0.657. The lowest BCUT2D eigenvalue weighted by molar-refractivity contribution is -0.394. The molecule has 0 atom stereocenters. The summed E-state index contributed by atoms with van der Waals surface area (Å²) >= 11 is 5.55. The molecule has 8 heteroatoms. The van der Waals surface area contributed by atoms with E-state index in [-0.39, 0.29) is 10.6 Å². The lowest BCUT2D eigenvalue weighted by Crippen LogP contribution is -1.96. The van der Waals surface area contributed by atoms with Gasteiger partial charge in [-0.15, -0.1) is 0 Å². The molecule has 0 aliphatic carbocycles. The first kappa shape index (κ1) is 11.2. The van der Waals surface area contributed by atoms with Crippen molar-refractivity contribution in [2.45, 2.75) is 6.92 Å². The van der Waals surface area contributed by atoms with Gasteiger partial charge >= 0.3 is 5.69 Å². The third-order valence-electron chi connectivity index (χ3n) is 1.82. The zero-order chi connectivity index (χ0) is 11.7. The third kappa shape index (κ3) is 1.82. The van der Waals surface area contributed by atoms with Crippen molar-refractivity contribution in [1.82, 2.24) is 0 Å². The van der Waals surface area contributed by atoms with Crippen LogP contribution in [0.1, 0.15) is 5.56 Å². The molecular weight excluding hydrogens is 228 g/mol. The summed E-state index contributed by atoms with van der Waals surface area (Å²) in [4.78, 5) is 19.2. The van der Waals surface area contributed by atoms with Crippen molar-refractivity contribution in [1.29, 1.82) is 0 Å². The molecule has 0 unspecified atom stereocenters. The van der Waals surface area contributed by atoms with Crippen molar-refractivity contribution in [2.75, 3.05) is 0 Å². The molecule has 0 fully saturated rings. The number of rotatable bonds is 2. The minimum Gasteiger partial charge on any atom is -0.502 e. The summed E-state index contributed by atoms with van der Waals surface area (Å²) in [7, 11) is 0. The van der Waals surface area contributed by atoms with E-state index in [0.717, 1.165) is 0 Å². The number of hydrogen-bond donors (Lipinski definition) is 1. The Balaban J connectivity index is 3.59. The molecule has 0 spiro atoms. The van der Waals surface area contributed by atoms with Gasteiger partial charge in [0.05, 0.1) is 15.9 Å². The fraction of sp³-hybridized carbons (Fsp3) is 0.143. The predicted molar refractivity (Wildman–Crippen MR) is 51.2 cm³/mol. The standard InChI is InChI=1S/C7H5ClN2O5/c1-3-6(8)4(9(12)13)2-5(7(3)11)10(14)15/h2,11H,1H3. The van der Waals surface area contributed by atoms with Gasteiger partial charge < -0.3 is 5.11 Å². The molecule has 0 saturated carbocycles. The predicted octanol–water partition coefficient (Wildman–Crippen LogP) is 2.17. The van der Waals surface area contributed by atoms with E-state index in [4.69, 9.17) is 11.6 Å². The Morgan fingerprint density at radius 3 is 2.13 bits per heavy atom. The normalized spacial score (nSPS) is 10.0. The molecule has 0 radical (unpaired) electrons. The molecule has 0 aromatic heterocycles. The molecule has 0 aliphatic heterocycles. The maximum absolute atomic E-state index is 10.5. The van der Waals surface area contributed by atoms with Gasteiger partial charge in [0.2, 0.25) is 0 Å². The average Bonchev–Trinajstić information content (AvgIpc) is 2.13. The Bertz CT molecular complexity index is 421. The zero-order valence-corrected chi connectivity index (χ0v) is 8.19. The van der Waals surface area contributed by atoms with Gasteiger partial charge in [-0.3, -0.25) is 20.2 Å². The summed E-state index contributed by atoms with van der Waals surface area (Å²) < 4.78 is 0. The van der Waals surface area contributed by atoms with Gasteiger partial charge in [0.25, 0.3) is 5.69 Å². The summed E-state index contributed by atoms with van der Waals surface area (Å²) in [5.41, 5.74) is -1.42. The smallest absolute Gasteiger partial charge is 0.317 e. The SMILES string of the molecule is Cc1c(O)c([N+](=O)[O-])cc([N+](=O)[O-])c1Cl. The van der Waals surface area contributed by atoms with Crippen LogP contribution < -0.4 is 0 Å². The van der Waals surface area contributed by atoms with E-state index in [1.807, 2.05) is 0 Å². The van der Waals surface area contributed by atoms with E-state index >= 15 is 0 Å². The number of aromatic hydroxyl groups is 1. The average molecular weight is 233 g/mol. The van der Waals surface area contributed by atoms with Crippen LogP contribution >= 0.6 is 11.6 Å². The minimum absolute atomic E-state index is 0.0856. The molecule has 80 valence electrons. The Kier molecular flexibility index (Phi) is 2.76. The molecule has 0 aliphatic rings. The lowest BCUT2D eigenvalue weighted by Gasteiger charge is -2.02. The van der Waals surface area contributed by atoms with Crippen molar-refractivity contribution in [3.05, 3.63) is 36.9 Å². The van der Waals surface area contributed by atoms with E-state index in [0.29, 0.717) is 6.07 Å². The van der Waals surface area contributed by atoms with Crippen LogP contribution in [0.25, 0.3) is 0 Å². The van der Waals surface area contributed by atoms with Crippen LogP contribution in [0.15, 0.2) is 6.07 Å². The van der Waals surface area contributed by atoms with E-state index < -0.39 is 27.0 Å². The first-order valence-electron chi connectivity index (χ1n) is 3.67. The van der Waals surface area contributed by atoms with Gasteiger partial charge in [-0.1, -0.05) is 11.6 Å². The fourth-order valence-electron chi connectivity index (χ4n) is 1.02. The van der Waals surface area contributed by atoms with Gasteiger partial charge in [0.15, 0.2) is 5.75 Å². The number of hydrogen-bond acceptors (Lipinski definition) is 5.